The summed E-state index contributed by atoms with van der Waals surface area (Å²) in [7, 11) is 0. The van der Waals surface area contributed by atoms with E-state index in [2.05, 4.69) is 53.3 Å². The summed E-state index contributed by atoms with van der Waals surface area (Å²) in [6, 6.07) is 22.4. The number of amides is 1. The molecular formula is C25H25N5O. The van der Waals surface area contributed by atoms with Crippen molar-refractivity contribution in [2.45, 2.75) is 6.92 Å². The number of hydrogen-bond donors (Lipinski definition) is 0. The molecule has 4 aromatic rings. The van der Waals surface area contributed by atoms with Crippen molar-refractivity contribution in [1.29, 1.82) is 0 Å². The van der Waals surface area contributed by atoms with Crippen LogP contribution in [0.1, 0.15) is 15.9 Å². The Morgan fingerprint density at radius 2 is 1.55 bits per heavy atom. The zero-order valence-corrected chi connectivity index (χ0v) is 17.6. The number of piperazine rings is 1. The molecule has 0 aliphatic carbocycles. The van der Waals surface area contributed by atoms with Crippen LogP contribution in [-0.2, 0) is 0 Å². The lowest BCUT2D eigenvalue weighted by molar-refractivity contribution is 0.0747. The molecule has 0 N–H and O–H groups in total. The molecule has 0 radical (unpaired) electrons. The highest BCUT2D eigenvalue weighted by Crippen LogP contribution is 2.23. The molecule has 1 fully saturated rings. The first-order valence-electron chi connectivity index (χ1n) is 10.6. The molecule has 1 aliphatic rings. The van der Waals surface area contributed by atoms with Gasteiger partial charge in [0.1, 0.15) is 5.56 Å². The molecule has 156 valence electrons. The van der Waals surface area contributed by atoms with Gasteiger partial charge in [-0.25, -0.2) is 4.68 Å². The van der Waals surface area contributed by atoms with Gasteiger partial charge in [0.25, 0.3) is 5.91 Å². The SMILES string of the molecule is Cc1cccc(-n2ncc(C(=O)N3CCN(c4ccccc4)CC3)c2-n2cccc2)c1. The molecule has 1 amide bonds. The highest BCUT2D eigenvalue weighted by atomic mass is 16.2. The average Bonchev–Trinajstić information content (AvgIpc) is 3.49. The quantitative estimate of drug-likeness (QED) is 0.511. The van der Waals surface area contributed by atoms with Crippen molar-refractivity contribution in [3.8, 4) is 11.5 Å². The lowest BCUT2D eigenvalue weighted by Crippen LogP contribution is -2.48. The Labute approximate surface area is 181 Å². The Morgan fingerprint density at radius 3 is 2.26 bits per heavy atom. The second kappa shape index (κ2) is 8.14. The molecule has 0 saturated carbocycles. The van der Waals surface area contributed by atoms with Gasteiger partial charge in [0, 0.05) is 44.3 Å². The first-order valence-corrected chi connectivity index (χ1v) is 10.6. The maximum atomic E-state index is 13.5. The Kier molecular flexibility index (Phi) is 5.04. The molecule has 6 heteroatoms. The van der Waals surface area contributed by atoms with E-state index in [0.717, 1.165) is 30.2 Å². The van der Waals surface area contributed by atoms with Gasteiger partial charge in [-0.05, 0) is 48.9 Å². The minimum absolute atomic E-state index is 0.0234. The highest BCUT2D eigenvalue weighted by molar-refractivity contribution is 5.97. The maximum absolute atomic E-state index is 13.5. The largest absolute Gasteiger partial charge is 0.368 e. The number of aromatic nitrogens is 3. The first kappa shape index (κ1) is 19.2. The summed E-state index contributed by atoms with van der Waals surface area (Å²) in [6.45, 7) is 5.07. The van der Waals surface area contributed by atoms with Gasteiger partial charge in [0.2, 0.25) is 0 Å². The van der Waals surface area contributed by atoms with Gasteiger partial charge in [-0.3, -0.25) is 4.79 Å². The van der Waals surface area contributed by atoms with Gasteiger partial charge >= 0.3 is 0 Å². The number of anilines is 1. The molecule has 3 heterocycles. The van der Waals surface area contributed by atoms with E-state index in [9.17, 15) is 4.79 Å². The van der Waals surface area contributed by atoms with Crippen molar-refractivity contribution in [1.82, 2.24) is 19.2 Å². The summed E-state index contributed by atoms with van der Waals surface area (Å²) in [6.07, 6.45) is 5.60. The fourth-order valence-corrected chi connectivity index (χ4v) is 4.14. The minimum atomic E-state index is 0.0234. The van der Waals surface area contributed by atoms with Crippen LogP contribution in [0.5, 0.6) is 0 Å². The molecule has 0 unspecified atom stereocenters. The number of carbonyl (C=O) groups excluding carboxylic acids is 1. The fraction of sp³-hybridized carbons (Fsp3) is 0.200. The summed E-state index contributed by atoms with van der Waals surface area (Å²) >= 11 is 0. The normalized spacial score (nSPS) is 14.1. The highest BCUT2D eigenvalue weighted by Gasteiger charge is 2.27. The van der Waals surface area contributed by atoms with E-state index >= 15 is 0 Å². The summed E-state index contributed by atoms with van der Waals surface area (Å²) in [5.74, 6) is 0.793. The van der Waals surface area contributed by atoms with Crippen molar-refractivity contribution in [2.24, 2.45) is 0 Å². The zero-order valence-electron chi connectivity index (χ0n) is 17.6. The summed E-state index contributed by atoms with van der Waals surface area (Å²) in [5, 5.41) is 4.60. The van der Waals surface area contributed by atoms with Crippen LogP contribution in [0.25, 0.3) is 11.5 Å². The van der Waals surface area contributed by atoms with Crippen LogP contribution >= 0.6 is 0 Å². The molecule has 1 aliphatic heterocycles. The Morgan fingerprint density at radius 1 is 0.839 bits per heavy atom. The number of hydrogen-bond acceptors (Lipinski definition) is 3. The molecule has 0 bridgehead atoms. The standard InChI is InChI=1S/C25H25N5O/c1-20-8-7-11-22(18-20)30-24(28-12-5-6-13-28)23(19-26-30)25(31)29-16-14-27(15-17-29)21-9-3-2-4-10-21/h2-13,18-19H,14-17H2,1H3. The summed E-state index contributed by atoms with van der Waals surface area (Å²) in [4.78, 5) is 17.8. The second-order valence-electron chi connectivity index (χ2n) is 7.84. The summed E-state index contributed by atoms with van der Waals surface area (Å²) < 4.78 is 3.81. The predicted octanol–water partition coefficient (Wildman–Crippen LogP) is 3.93. The maximum Gasteiger partial charge on any atom is 0.259 e. The van der Waals surface area contributed by atoms with Crippen LogP contribution in [-0.4, -0.2) is 51.3 Å². The fourth-order valence-electron chi connectivity index (χ4n) is 4.14. The van der Waals surface area contributed by atoms with Crippen LogP contribution in [0.3, 0.4) is 0 Å². The van der Waals surface area contributed by atoms with E-state index in [1.54, 1.807) is 6.20 Å². The second-order valence-corrected chi connectivity index (χ2v) is 7.84. The van der Waals surface area contributed by atoms with Crippen molar-refractivity contribution in [3.63, 3.8) is 0 Å². The Hall–Kier alpha value is -3.80. The van der Waals surface area contributed by atoms with Crippen LogP contribution < -0.4 is 4.90 Å². The van der Waals surface area contributed by atoms with Crippen LogP contribution in [0.15, 0.2) is 85.3 Å². The lowest BCUT2D eigenvalue weighted by Gasteiger charge is -2.36. The van der Waals surface area contributed by atoms with E-state index < -0.39 is 0 Å². The monoisotopic (exact) mass is 411 g/mol. The number of nitrogens with zero attached hydrogens (tertiary/aromatic N) is 5. The van der Waals surface area contributed by atoms with Gasteiger partial charge in [-0.2, -0.15) is 5.10 Å². The van der Waals surface area contributed by atoms with Gasteiger partial charge in [0.15, 0.2) is 5.82 Å². The molecule has 6 nitrogen and oxygen atoms in total. The topological polar surface area (TPSA) is 46.3 Å². The van der Waals surface area contributed by atoms with E-state index in [1.165, 1.54) is 5.69 Å². The molecule has 2 aromatic carbocycles. The molecule has 31 heavy (non-hydrogen) atoms. The predicted molar refractivity (Wildman–Crippen MR) is 122 cm³/mol. The van der Waals surface area contributed by atoms with Crippen molar-refractivity contribution >= 4 is 11.6 Å². The van der Waals surface area contributed by atoms with Crippen LogP contribution in [0.4, 0.5) is 5.69 Å². The van der Waals surface area contributed by atoms with E-state index in [4.69, 9.17) is 0 Å². The van der Waals surface area contributed by atoms with Crippen molar-refractivity contribution in [2.75, 3.05) is 31.1 Å². The van der Waals surface area contributed by atoms with Gasteiger partial charge in [-0.1, -0.05) is 30.3 Å². The number of benzene rings is 2. The van der Waals surface area contributed by atoms with E-state index in [0.29, 0.717) is 18.7 Å². The van der Waals surface area contributed by atoms with Gasteiger partial charge in [0.05, 0.1) is 11.9 Å². The number of para-hydroxylation sites is 1. The van der Waals surface area contributed by atoms with E-state index in [-0.39, 0.29) is 5.91 Å². The van der Waals surface area contributed by atoms with Crippen molar-refractivity contribution < 1.29 is 4.79 Å². The Balaban J connectivity index is 1.43. The van der Waals surface area contributed by atoms with Crippen LogP contribution in [0, 0.1) is 6.92 Å². The van der Waals surface area contributed by atoms with Gasteiger partial charge in [-0.15, -0.1) is 0 Å². The molecule has 0 atom stereocenters. The minimum Gasteiger partial charge on any atom is -0.368 e. The van der Waals surface area contributed by atoms with E-state index in [1.807, 2.05) is 56.9 Å². The average molecular weight is 412 g/mol. The molecular weight excluding hydrogens is 386 g/mol. The third-order valence-electron chi connectivity index (χ3n) is 5.76. The third kappa shape index (κ3) is 3.72. The zero-order chi connectivity index (χ0) is 21.2. The Bertz CT molecular complexity index is 1170. The summed E-state index contributed by atoms with van der Waals surface area (Å²) in [5.41, 5.74) is 3.91. The molecule has 1 saturated heterocycles. The number of rotatable bonds is 4. The first-order chi connectivity index (χ1) is 15.2. The molecule has 5 rings (SSSR count). The third-order valence-corrected chi connectivity index (χ3v) is 5.76. The molecule has 2 aromatic heterocycles. The van der Waals surface area contributed by atoms with Crippen molar-refractivity contribution in [3.05, 3.63) is 96.4 Å². The number of aryl methyl sites for hydroxylation is 1. The number of carbonyl (C=O) groups is 1. The lowest BCUT2D eigenvalue weighted by atomic mass is 10.2. The molecule has 0 spiro atoms. The van der Waals surface area contributed by atoms with Gasteiger partial charge < -0.3 is 14.4 Å². The van der Waals surface area contributed by atoms with Crippen LogP contribution in [0.2, 0.25) is 0 Å². The smallest absolute Gasteiger partial charge is 0.259 e.